The van der Waals surface area contributed by atoms with Gasteiger partial charge in [0.15, 0.2) is 5.90 Å². The Labute approximate surface area is 169 Å². The molecule has 0 bridgehead atoms. The number of carboxylic acid groups (broad SMARTS) is 1. The second-order valence-electron chi connectivity index (χ2n) is 7.02. The van der Waals surface area contributed by atoms with Crippen LogP contribution in [0.2, 0.25) is 0 Å². The Kier molecular flexibility index (Phi) is 8.30. The Morgan fingerprint density at radius 3 is 2.69 bits per heavy atom. The molecule has 0 spiro atoms. The first-order valence-electron chi connectivity index (χ1n) is 9.65. The molecular formula is C21H27F2N3O3. The predicted octanol–water partition coefficient (Wildman–Crippen LogP) is 4.50. The first-order valence-corrected chi connectivity index (χ1v) is 9.65. The number of benzene rings is 1. The van der Waals surface area contributed by atoms with E-state index in [1.807, 2.05) is 6.92 Å². The van der Waals surface area contributed by atoms with E-state index in [1.165, 1.54) is 18.3 Å². The van der Waals surface area contributed by atoms with Gasteiger partial charge in [-0.1, -0.05) is 13.3 Å². The van der Waals surface area contributed by atoms with Crippen molar-refractivity contribution >= 4 is 30.0 Å². The lowest BCUT2D eigenvalue weighted by Gasteiger charge is -2.20. The van der Waals surface area contributed by atoms with Gasteiger partial charge in [-0.3, -0.25) is 9.79 Å². The van der Waals surface area contributed by atoms with E-state index in [4.69, 9.17) is 9.84 Å². The predicted molar refractivity (Wildman–Crippen MR) is 110 cm³/mol. The van der Waals surface area contributed by atoms with E-state index in [2.05, 4.69) is 16.7 Å². The summed E-state index contributed by atoms with van der Waals surface area (Å²) < 4.78 is 35.1. The molecule has 1 N–H and O–H groups in total. The van der Waals surface area contributed by atoms with Crippen LogP contribution in [0, 0.1) is 17.6 Å². The summed E-state index contributed by atoms with van der Waals surface area (Å²) in [5, 5.41) is 8.92. The number of ether oxygens (including phenoxy) is 1. The zero-order valence-electron chi connectivity index (χ0n) is 16.8. The highest BCUT2D eigenvalue weighted by molar-refractivity contribution is 5.82. The van der Waals surface area contributed by atoms with Crippen molar-refractivity contribution in [3.05, 3.63) is 35.5 Å². The fourth-order valence-electron chi connectivity index (χ4n) is 3.29. The molecule has 8 heteroatoms. The van der Waals surface area contributed by atoms with E-state index >= 15 is 0 Å². The average Bonchev–Trinajstić information content (AvgIpc) is 3.08. The fourth-order valence-corrected chi connectivity index (χ4v) is 3.29. The molecule has 1 heterocycles. The van der Waals surface area contributed by atoms with Gasteiger partial charge in [0.2, 0.25) is 0 Å². The largest absolute Gasteiger partial charge is 0.481 e. The summed E-state index contributed by atoms with van der Waals surface area (Å²) in [5.41, 5.74) is 0.312. The van der Waals surface area contributed by atoms with Gasteiger partial charge < -0.3 is 14.7 Å². The number of nitrogens with zero attached hydrogens (tertiary/aromatic N) is 3. The lowest BCUT2D eigenvalue weighted by atomic mass is 10.1. The zero-order chi connectivity index (χ0) is 21.4. The molecule has 158 valence electrons. The molecule has 1 aromatic rings. The number of hydrogen-bond acceptors (Lipinski definition) is 5. The minimum atomic E-state index is -0.908. The smallest absolute Gasteiger partial charge is 0.303 e. The molecule has 6 nitrogen and oxygen atoms in total. The van der Waals surface area contributed by atoms with Crippen LogP contribution in [-0.4, -0.2) is 43.4 Å². The minimum Gasteiger partial charge on any atom is -0.481 e. The third-order valence-corrected chi connectivity index (χ3v) is 4.68. The Morgan fingerprint density at radius 1 is 1.41 bits per heavy atom. The summed E-state index contributed by atoms with van der Waals surface area (Å²) >= 11 is 0. The van der Waals surface area contributed by atoms with Gasteiger partial charge in [0.05, 0.1) is 18.5 Å². The molecule has 2 rings (SSSR count). The van der Waals surface area contributed by atoms with Gasteiger partial charge in [0.25, 0.3) is 0 Å². The topological polar surface area (TPSA) is 74.5 Å². The number of halogens is 2. The van der Waals surface area contributed by atoms with Crippen LogP contribution in [0.25, 0.3) is 5.70 Å². The molecule has 1 aliphatic heterocycles. The van der Waals surface area contributed by atoms with Crippen molar-refractivity contribution < 1.29 is 23.4 Å². The Hall–Kier alpha value is -2.77. The highest BCUT2D eigenvalue weighted by atomic mass is 19.1. The van der Waals surface area contributed by atoms with Gasteiger partial charge >= 0.3 is 5.97 Å². The number of unbranched alkanes of at least 4 members (excludes halogenated alkanes) is 1. The Bertz CT molecular complexity index is 785. The molecule has 1 saturated heterocycles. The number of aliphatic imine (C=N–C) groups is 2. The summed E-state index contributed by atoms with van der Waals surface area (Å²) in [5.74, 6) is -2.13. The number of aliphatic carboxylic acids is 1. The third kappa shape index (κ3) is 6.37. The Morgan fingerprint density at radius 2 is 2.10 bits per heavy atom. The molecule has 29 heavy (non-hydrogen) atoms. The summed E-state index contributed by atoms with van der Waals surface area (Å²) in [6.07, 6.45) is 3.74. The SMILES string of the molecule is C=N/C=C(\N=C(/C)OCCCC)c1cc(F)c(N2CCC(CC(=O)O)C2)c(F)c1. The van der Waals surface area contributed by atoms with Crippen molar-refractivity contribution in [2.75, 3.05) is 24.6 Å². The van der Waals surface area contributed by atoms with Crippen LogP contribution < -0.4 is 4.90 Å². The van der Waals surface area contributed by atoms with E-state index in [0.717, 1.165) is 12.8 Å². The van der Waals surface area contributed by atoms with Crippen molar-refractivity contribution in [1.82, 2.24) is 0 Å². The van der Waals surface area contributed by atoms with Gasteiger partial charge in [-0.25, -0.2) is 13.8 Å². The van der Waals surface area contributed by atoms with E-state index in [0.29, 0.717) is 32.0 Å². The maximum absolute atomic E-state index is 14.8. The van der Waals surface area contributed by atoms with E-state index in [-0.39, 0.29) is 29.3 Å². The van der Waals surface area contributed by atoms with Gasteiger partial charge in [-0.15, -0.1) is 0 Å². The molecule has 1 atom stereocenters. The van der Waals surface area contributed by atoms with Crippen molar-refractivity contribution in [3.8, 4) is 0 Å². The van der Waals surface area contributed by atoms with Crippen molar-refractivity contribution in [2.45, 2.75) is 39.5 Å². The number of carbonyl (C=O) groups is 1. The molecule has 1 fully saturated rings. The van der Waals surface area contributed by atoms with Crippen LogP contribution >= 0.6 is 0 Å². The maximum atomic E-state index is 14.8. The van der Waals surface area contributed by atoms with Gasteiger partial charge in [0.1, 0.15) is 17.3 Å². The summed E-state index contributed by atoms with van der Waals surface area (Å²) in [6.45, 7) is 8.32. The lowest BCUT2D eigenvalue weighted by Crippen LogP contribution is -2.23. The molecule has 0 aromatic heterocycles. The number of rotatable bonds is 9. The monoisotopic (exact) mass is 407 g/mol. The van der Waals surface area contributed by atoms with Crippen molar-refractivity contribution in [2.24, 2.45) is 15.9 Å². The molecule has 0 radical (unpaired) electrons. The molecule has 0 aliphatic carbocycles. The van der Waals surface area contributed by atoms with Crippen LogP contribution in [0.4, 0.5) is 14.5 Å². The highest BCUT2D eigenvalue weighted by Gasteiger charge is 2.28. The normalized spacial score (nSPS) is 17.5. The number of anilines is 1. The lowest BCUT2D eigenvalue weighted by molar-refractivity contribution is -0.137. The first-order chi connectivity index (χ1) is 13.8. The van der Waals surface area contributed by atoms with Crippen molar-refractivity contribution in [1.29, 1.82) is 0 Å². The highest BCUT2D eigenvalue weighted by Crippen LogP contribution is 2.32. The molecule has 1 unspecified atom stereocenters. The maximum Gasteiger partial charge on any atom is 0.303 e. The zero-order valence-corrected chi connectivity index (χ0v) is 16.8. The minimum absolute atomic E-state index is 0.0122. The summed E-state index contributed by atoms with van der Waals surface area (Å²) in [4.78, 5) is 20.4. The molecule has 0 saturated carbocycles. The fraction of sp³-hybridized carbons (Fsp3) is 0.476. The van der Waals surface area contributed by atoms with Gasteiger partial charge in [0, 0.05) is 32.0 Å². The van der Waals surface area contributed by atoms with Crippen LogP contribution in [0.15, 0.2) is 28.3 Å². The standard InChI is InChI=1S/C21H27F2N3O3/c1-4-5-8-29-14(2)25-19(12-24-3)16-10-17(22)21(18(23)11-16)26-7-6-15(13-26)9-20(27)28/h10-12,15H,3-9,13H2,1-2H3,(H,27,28)/b19-12-,25-14+. The number of hydrogen-bond donors (Lipinski definition) is 1. The van der Waals surface area contributed by atoms with E-state index in [1.54, 1.807) is 11.8 Å². The van der Waals surface area contributed by atoms with Crippen LogP contribution in [0.1, 0.15) is 45.1 Å². The van der Waals surface area contributed by atoms with Crippen molar-refractivity contribution in [3.63, 3.8) is 0 Å². The quantitative estimate of drug-likeness (QED) is 0.372. The van der Waals surface area contributed by atoms with E-state index < -0.39 is 17.6 Å². The summed E-state index contributed by atoms with van der Waals surface area (Å²) in [6, 6.07) is 2.39. The summed E-state index contributed by atoms with van der Waals surface area (Å²) in [7, 11) is 0. The Balaban J connectivity index is 2.24. The number of carboxylic acids is 1. The average molecular weight is 407 g/mol. The molecule has 1 aromatic carbocycles. The third-order valence-electron chi connectivity index (χ3n) is 4.68. The first kappa shape index (κ1) is 22.5. The second kappa shape index (κ2) is 10.7. The van der Waals surface area contributed by atoms with Crippen LogP contribution in [-0.2, 0) is 9.53 Å². The second-order valence-corrected chi connectivity index (χ2v) is 7.02. The van der Waals surface area contributed by atoms with Crippen LogP contribution in [0.5, 0.6) is 0 Å². The van der Waals surface area contributed by atoms with Gasteiger partial charge in [-0.2, -0.15) is 0 Å². The van der Waals surface area contributed by atoms with Crippen LogP contribution in [0.3, 0.4) is 0 Å². The molecule has 1 aliphatic rings. The molecular weight excluding hydrogens is 380 g/mol. The van der Waals surface area contributed by atoms with E-state index in [9.17, 15) is 13.6 Å². The molecule has 0 amide bonds. The van der Waals surface area contributed by atoms with Gasteiger partial charge in [-0.05, 0) is 37.6 Å².